The third-order valence-corrected chi connectivity index (χ3v) is 5.18. The van der Waals surface area contributed by atoms with Crippen LogP contribution in [0, 0.1) is 11.8 Å². The molecule has 2 aliphatic rings. The summed E-state index contributed by atoms with van der Waals surface area (Å²) in [5.74, 6) is 1.02. The average Bonchev–Trinajstić information content (AvgIpc) is 3.34. The molecule has 1 amide bonds. The van der Waals surface area contributed by atoms with E-state index in [0.717, 1.165) is 32.7 Å². The highest BCUT2D eigenvalue weighted by Crippen LogP contribution is 2.34. The fraction of sp³-hybridized carbons (Fsp3) is 0.588. The maximum Gasteiger partial charge on any atom is 0.289 e. The summed E-state index contributed by atoms with van der Waals surface area (Å²) >= 11 is 0. The number of aryl methyl sites for hydroxylation is 1. The molecule has 0 saturated carbocycles. The van der Waals surface area contributed by atoms with Crippen molar-refractivity contribution < 1.29 is 14.1 Å². The molecule has 8 nitrogen and oxygen atoms in total. The number of rotatable bonds is 5. The molecule has 0 aliphatic carbocycles. The number of fused-ring (bicyclic) bond motifs is 1. The quantitative estimate of drug-likeness (QED) is 0.857. The Morgan fingerprint density at radius 3 is 3.16 bits per heavy atom. The smallest absolute Gasteiger partial charge is 0.289 e. The molecule has 25 heavy (non-hydrogen) atoms. The summed E-state index contributed by atoms with van der Waals surface area (Å²) < 4.78 is 12.7. The zero-order valence-corrected chi connectivity index (χ0v) is 14.3. The van der Waals surface area contributed by atoms with Crippen LogP contribution in [0.25, 0.3) is 0 Å². The first kappa shape index (κ1) is 16.3. The van der Waals surface area contributed by atoms with Gasteiger partial charge in [0.2, 0.25) is 5.76 Å². The van der Waals surface area contributed by atoms with Gasteiger partial charge in [-0.15, -0.1) is 0 Å². The van der Waals surface area contributed by atoms with E-state index in [-0.39, 0.29) is 17.8 Å². The van der Waals surface area contributed by atoms with Crippen molar-refractivity contribution in [2.75, 3.05) is 26.2 Å². The molecular formula is C17H23N5O3. The molecule has 0 aromatic carbocycles. The van der Waals surface area contributed by atoms with Crippen molar-refractivity contribution in [1.82, 2.24) is 25.2 Å². The SMILES string of the molecule is Cn1cc(CN2CC[C@H]3CO[C@H](CNC(=O)c4ccno4)[C@H]3C2)cn1. The number of aromatic nitrogens is 3. The summed E-state index contributed by atoms with van der Waals surface area (Å²) in [6.07, 6.45) is 6.64. The van der Waals surface area contributed by atoms with E-state index >= 15 is 0 Å². The van der Waals surface area contributed by atoms with Crippen LogP contribution >= 0.6 is 0 Å². The lowest BCUT2D eigenvalue weighted by molar-refractivity contribution is 0.0664. The molecule has 2 fully saturated rings. The molecule has 134 valence electrons. The molecule has 0 radical (unpaired) electrons. The number of ether oxygens (including phenoxy) is 1. The molecule has 2 aliphatic heterocycles. The van der Waals surface area contributed by atoms with Crippen molar-refractivity contribution in [2.24, 2.45) is 18.9 Å². The molecule has 8 heteroatoms. The van der Waals surface area contributed by atoms with Gasteiger partial charge in [-0.2, -0.15) is 5.10 Å². The van der Waals surface area contributed by atoms with E-state index in [2.05, 4.69) is 26.7 Å². The van der Waals surface area contributed by atoms with Gasteiger partial charge in [-0.05, 0) is 18.9 Å². The van der Waals surface area contributed by atoms with Crippen LogP contribution in [0.15, 0.2) is 29.2 Å². The number of nitrogens with zero attached hydrogens (tertiary/aromatic N) is 4. The molecule has 0 bridgehead atoms. The first-order valence-electron chi connectivity index (χ1n) is 8.69. The molecule has 2 aromatic rings. The van der Waals surface area contributed by atoms with E-state index in [0.29, 0.717) is 18.4 Å². The number of hydrogen-bond acceptors (Lipinski definition) is 6. The molecule has 0 spiro atoms. The summed E-state index contributed by atoms with van der Waals surface area (Å²) in [5.41, 5.74) is 1.23. The molecule has 4 heterocycles. The summed E-state index contributed by atoms with van der Waals surface area (Å²) in [7, 11) is 1.94. The molecular weight excluding hydrogens is 322 g/mol. The first-order valence-corrected chi connectivity index (χ1v) is 8.69. The second kappa shape index (κ2) is 6.97. The van der Waals surface area contributed by atoms with Crippen molar-refractivity contribution in [1.29, 1.82) is 0 Å². The first-order chi connectivity index (χ1) is 12.2. The monoisotopic (exact) mass is 345 g/mol. The van der Waals surface area contributed by atoms with E-state index < -0.39 is 0 Å². The maximum atomic E-state index is 12.0. The number of amides is 1. The molecule has 2 aromatic heterocycles. The lowest BCUT2D eigenvalue weighted by atomic mass is 9.84. The third kappa shape index (κ3) is 3.59. The van der Waals surface area contributed by atoms with Crippen LogP contribution < -0.4 is 5.32 Å². The lowest BCUT2D eigenvalue weighted by Crippen LogP contribution is -2.45. The van der Waals surface area contributed by atoms with Crippen molar-refractivity contribution >= 4 is 5.91 Å². The van der Waals surface area contributed by atoms with Crippen molar-refractivity contribution in [2.45, 2.75) is 19.1 Å². The summed E-state index contributed by atoms with van der Waals surface area (Å²) in [5, 5.41) is 10.7. The minimum atomic E-state index is -0.243. The second-order valence-corrected chi connectivity index (χ2v) is 6.93. The van der Waals surface area contributed by atoms with E-state index in [4.69, 9.17) is 9.26 Å². The zero-order valence-electron chi connectivity index (χ0n) is 14.3. The predicted molar refractivity (Wildman–Crippen MR) is 88.7 cm³/mol. The summed E-state index contributed by atoms with van der Waals surface area (Å²) in [6, 6.07) is 1.56. The van der Waals surface area contributed by atoms with Gasteiger partial charge in [0.25, 0.3) is 5.91 Å². The Hall–Kier alpha value is -2.19. The Balaban J connectivity index is 1.32. The maximum absolute atomic E-state index is 12.0. The highest BCUT2D eigenvalue weighted by atomic mass is 16.5. The van der Waals surface area contributed by atoms with Crippen LogP contribution in [-0.2, 0) is 18.3 Å². The Labute approximate surface area is 146 Å². The minimum Gasteiger partial charge on any atom is -0.376 e. The number of carbonyl (C=O) groups excluding carboxylic acids is 1. The van der Waals surface area contributed by atoms with Gasteiger partial charge in [0.1, 0.15) is 0 Å². The number of hydrogen-bond donors (Lipinski definition) is 1. The fourth-order valence-electron chi connectivity index (χ4n) is 3.88. The van der Waals surface area contributed by atoms with Crippen LogP contribution in [0.5, 0.6) is 0 Å². The summed E-state index contributed by atoms with van der Waals surface area (Å²) in [4.78, 5) is 14.5. The van der Waals surface area contributed by atoms with Crippen molar-refractivity contribution in [3.8, 4) is 0 Å². The van der Waals surface area contributed by atoms with Crippen LogP contribution in [0.4, 0.5) is 0 Å². The third-order valence-electron chi connectivity index (χ3n) is 5.18. The lowest BCUT2D eigenvalue weighted by Gasteiger charge is -2.35. The van der Waals surface area contributed by atoms with E-state index in [1.165, 1.54) is 11.8 Å². The highest BCUT2D eigenvalue weighted by Gasteiger charge is 2.40. The molecule has 1 N–H and O–H groups in total. The molecule has 2 saturated heterocycles. The highest BCUT2D eigenvalue weighted by molar-refractivity contribution is 5.91. The summed E-state index contributed by atoms with van der Waals surface area (Å²) in [6.45, 7) is 4.27. The second-order valence-electron chi connectivity index (χ2n) is 6.93. The number of piperidine rings is 1. The van der Waals surface area contributed by atoms with Gasteiger partial charge in [-0.25, -0.2) is 0 Å². The van der Waals surface area contributed by atoms with Crippen molar-refractivity contribution in [3.63, 3.8) is 0 Å². The normalized spacial score (nSPS) is 26.5. The predicted octanol–water partition coefficient (Wildman–Crippen LogP) is 0.675. The van der Waals surface area contributed by atoms with E-state index in [9.17, 15) is 4.79 Å². The minimum absolute atomic E-state index is 0.0496. The number of carbonyl (C=O) groups is 1. The molecule has 4 rings (SSSR count). The Morgan fingerprint density at radius 2 is 2.40 bits per heavy atom. The Bertz CT molecular complexity index is 714. The van der Waals surface area contributed by atoms with Gasteiger partial charge in [-0.1, -0.05) is 5.16 Å². The van der Waals surface area contributed by atoms with Crippen LogP contribution in [-0.4, -0.2) is 58.1 Å². The topological polar surface area (TPSA) is 85.4 Å². The van der Waals surface area contributed by atoms with Crippen LogP contribution in [0.1, 0.15) is 22.5 Å². The standard InChI is InChI=1S/C17H23N5O3/c1-21-8-12(6-19-21)9-22-5-3-13-11-24-16(14(13)10-22)7-18-17(23)15-2-4-20-25-15/h2,4,6,8,13-14,16H,3,5,7,9-11H2,1H3,(H,18,23)/t13-,14-,16+/m0/s1. The van der Waals surface area contributed by atoms with Gasteiger partial charge in [0.15, 0.2) is 0 Å². The Morgan fingerprint density at radius 1 is 1.48 bits per heavy atom. The van der Waals surface area contributed by atoms with Crippen LogP contribution in [0.3, 0.4) is 0 Å². The van der Waals surface area contributed by atoms with Gasteiger partial charge < -0.3 is 14.6 Å². The van der Waals surface area contributed by atoms with Gasteiger partial charge in [0.05, 0.1) is 25.1 Å². The number of nitrogens with one attached hydrogen (secondary N) is 1. The Kier molecular flexibility index (Phi) is 4.54. The van der Waals surface area contributed by atoms with Gasteiger partial charge in [-0.3, -0.25) is 14.4 Å². The van der Waals surface area contributed by atoms with E-state index in [1.54, 1.807) is 6.07 Å². The zero-order chi connectivity index (χ0) is 17.2. The fourth-order valence-corrected chi connectivity index (χ4v) is 3.88. The average molecular weight is 345 g/mol. The number of likely N-dealkylation sites (tertiary alicyclic amines) is 1. The van der Waals surface area contributed by atoms with Gasteiger partial charge in [0, 0.05) is 50.4 Å². The van der Waals surface area contributed by atoms with Gasteiger partial charge >= 0.3 is 0 Å². The largest absolute Gasteiger partial charge is 0.376 e. The molecule has 0 unspecified atom stereocenters. The molecule has 3 atom stereocenters. The van der Waals surface area contributed by atoms with Crippen LogP contribution in [0.2, 0.25) is 0 Å². The van der Waals surface area contributed by atoms with E-state index in [1.807, 2.05) is 17.9 Å². The van der Waals surface area contributed by atoms with Crippen molar-refractivity contribution in [3.05, 3.63) is 36.0 Å².